The highest BCUT2D eigenvalue weighted by atomic mass is 16.6. The lowest BCUT2D eigenvalue weighted by atomic mass is 9.99. The van der Waals surface area contributed by atoms with Crippen molar-refractivity contribution in [3.63, 3.8) is 0 Å². The van der Waals surface area contributed by atoms with Gasteiger partial charge < -0.3 is 10.6 Å². The van der Waals surface area contributed by atoms with Crippen molar-refractivity contribution in [1.82, 2.24) is 5.32 Å². The predicted octanol–water partition coefficient (Wildman–Crippen LogP) is 2.02. The van der Waals surface area contributed by atoms with E-state index in [1.807, 2.05) is 6.07 Å². The highest BCUT2D eigenvalue weighted by Crippen LogP contribution is 2.27. The van der Waals surface area contributed by atoms with Gasteiger partial charge in [0.15, 0.2) is 0 Å². The number of rotatable bonds is 3. The molecular weight excluding hydrogens is 244 g/mol. The van der Waals surface area contributed by atoms with Crippen molar-refractivity contribution in [2.75, 3.05) is 11.9 Å². The molecule has 0 spiro atoms. The maximum atomic E-state index is 11.0. The summed E-state index contributed by atoms with van der Waals surface area (Å²) in [5.74, 6) is 0. The topological polar surface area (TPSA) is 91.0 Å². The minimum atomic E-state index is -0.426. The molecule has 0 amide bonds. The molecule has 1 aliphatic rings. The number of nitro groups is 1. The van der Waals surface area contributed by atoms with Gasteiger partial charge in [0.05, 0.1) is 16.6 Å². The molecule has 6 heteroatoms. The van der Waals surface area contributed by atoms with Crippen molar-refractivity contribution in [2.45, 2.75) is 31.8 Å². The van der Waals surface area contributed by atoms with E-state index in [0.29, 0.717) is 11.3 Å². The standard InChI is InChI=1S/C13H16N4O2/c1-9-11(3-2-6-15-9)16-12-7-10(8-14)4-5-13(12)17(18)19/h4-5,7,9,11,15-16H,2-3,6H2,1H3. The Labute approximate surface area is 111 Å². The highest BCUT2D eigenvalue weighted by molar-refractivity contribution is 5.64. The third kappa shape index (κ3) is 3.01. The van der Waals surface area contributed by atoms with Crippen LogP contribution >= 0.6 is 0 Å². The number of anilines is 1. The fraction of sp³-hybridized carbons (Fsp3) is 0.462. The smallest absolute Gasteiger partial charge is 0.292 e. The fourth-order valence-electron chi connectivity index (χ4n) is 2.32. The number of nitriles is 1. The molecule has 2 unspecified atom stereocenters. The Balaban J connectivity index is 2.26. The van der Waals surface area contributed by atoms with Gasteiger partial charge in [-0.1, -0.05) is 0 Å². The van der Waals surface area contributed by atoms with Crippen molar-refractivity contribution in [3.8, 4) is 6.07 Å². The van der Waals surface area contributed by atoms with Gasteiger partial charge in [0.1, 0.15) is 5.69 Å². The van der Waals surface area contributed by atoms with Crippen molar-refractivity contribution in [3.05, 3.63) is 33.9 Å². The number of piperidine rings is 1. The van der Waals surface area contributed by atoms with Crippen LogP contribution in [0, 0.1) is 21.4 Å². The molecule has 0 aliphatic carbocycles. The van der Waals surface area contributed by atoms with Crippen LogP contribution in [0.15, 0.2) is 18.2 Å². The summed E-state index contributed by atoms with van der Waals surface area (Å²) in [5.41, 5.74) is 0.853. The number of benzene rings is 1. The lowest BCUT2D eigenvalue weighted by molar-refractivity contribution is -0.384. The minimum Gasteiger partial charge on any atom is -0.375 e. The van der Waals surface area contributed by atoms with Crippen LogP contribution in [-0.4, -0.2) is 23.6 Å². The molecule has 2 rings (SSSR count). The number of hydrogen-bond acceptors (Lipinski definition) is 5. The summed E-state index contributed by atoms with van der Waals surface area (Å²) in [7, 11) is 0. The number of nitro benzene ring substituents is 1. The molecule has 2 atom stereocenters. The van der Waals surface area contributed by atoms with Crippen LogP contribution < -0.4 is 10.6 Å². The van der Waals surface area contributed by atoms with Crippen LogP contribution in [0.1, 0.15) is 25.3 Å². The van der Waals surface area contributed by atoms with E-state index in [1.54, 1.807) is 6.07 Å². The molecule has 19 heavy (non-hydrogen) atoms. The van der Waals surface area contributed by atoms with E-state index in [0.717, 1.165) is 19.4 Å². The molecule has 1 heterocycles. The molecule has 2 N–H and O–H groups in total. The summed E-state index contributed by atoms with van der Waals surface area (Å²) in [6.07, 6.45) is 2.00. The molecule has 0 bridgehead atoms. The SMILES string of the molecule is CC1NCCCC1Nc1cc(C#N)ccc1[N+](=O)[O-]. The molecule has 1 aromatic rings. The van der Waals surface area contributed by atoms with Crippen molar-refractivity contribution < 1.29 is 4.92 Å². The summed E-state index contributed by atoms with van der Waals surface area (Å²) in [6, 6.07) is 6.78. The van der Waals surface area contributed by atoms with Gasteiger partial charge in [0.25, 0.3) is 5.69 Å². The second kappa shape index (κ2) is 5.67. The zero-order valence-corrected chi connectivity index (χ0v) is 10.7. The number of nitrogens with zero attached hydrogens (tertiary/aromatic N) is 2. The molecule has 0 saturated carbocycles. The van der Waals surface area contributed by atoms with Crippen LogP contribution in [0.4, 0.5) is 11.4 Å². The summed E-state index contributed by atoms with van der Waals surface area (Å²) in [5, 5.41) is 26.4. The van der Waals surface area contributed by atoms with Crippen molar-refractivity contribution in [2.24, 2.45) is 0 Å². The van der Waals surface area contributed by atoms with E-state index in [2.05, 4.69) is 17.6 Å². The number of nitrogens with one attached hydrogen (secondary N) is 2. The second-order valence-electron chi connectivity index (χ2n) is 4.74. The lowest BCUT2D eigenvalue weighted by Crippen LogP contribution is -2.46. The van der Waals surface area contributed by atoms with Crippen LogP contribution in [0.2, 0.25) is 0 Å². The predicted molar refractivity (Wildman–Crippen MR) is 71.9 cm³/mol. The minimum absolute atomic E-state index is 0.0109. The van der Waals surface area contributed by atoms with Crippen LogP contribution in [-0.2, 0) is 0 Å². The molecular formula is C13H16N4O2. The largest absolute Gasteiger partial charge is 0.375 e. The van der Waals surface area contributed by atoms with Crippen LogP contribution in [0.3, 0.4) is 0 Å². The Morgan fingerprint density at radius 1 is 1.58 bits per heavy atom. The Morgan fingerprint density at radius 3 is 3.00 bits per heavy atom. The molecule has 0 aromatic heterocycles. The first-order valence-electron chi connectivity index (χ1n) is 6.30. The average Bonchev–Trinajstić information content (AvgIpc) is 2.41. The fourth-order valence-corrected chi connectivity index (χ4v) is 2.32. The van der Waals surface area contributed by atoms with Crippen LogP contribution in [0.5, 0.6) is 0 Å². The van der Waals surface area contributed by atoms with E-state index in [4.69, 9.17) is 5.26 Å². The first kappa shape index (κ1) is 13.3. The van der Waals surface area contributed by atoms with Gasteiger partial charge >= 0.3 is 0 Å². The van der Waals surface area contributed by atoms with E-state index >= 15 is 0 Å². The molecule has 100 valence electrons. The first-order chi connectivity index (χ1) is 9.11. The molecule has 0 radical (unpaired) electrons. The zero-order valence-electron chi connectivity index (χ0n) is 10.7. The van der Waals surface area contributed by atoms with Crippen LogP contribution in [0.25, 0.3) is 0 Å². The first-order valence-corrected chi connectivity index (χ1v) is 6.30. The van der Waals surface area contributed by atoms with Gasteiger partial charge in [0, 0.05) is 18.2 Å². The van der Waals surface area contributed by atoms with E-state index in [9.17, 15) is 10.1 Å². The van der Waals surface area contributed by atoms with E-state index in [-0.39, 0.29) is 17.8 Å². The monoisotopic (exact) mass is 260 g/mol. The van der Waals surface area contributed by atoms with E-state index < -0.39 is 4.92 Å². The molecule has 1 saturated heterocycles. The molecule has 1 fully saturated rings. The normalized spacial score (nSPS) is 22.5. The highest BCUT2D eigenvalue weighted by Gasteiger charge is 2.23. The zero-order chi connectivity index (χ0) is 13.8. The Hall–Kier alpha value is -2.13. The molecule has 1 aromatic carbocycles. The van der Waals surface area contributed by atoms with Crippen molar-refractivity contribution in [1.29, 1.82) is 5.26 Å². The van der Waals surface area contributed by atoms with Gasteiger partial charge in [-0.05, 0) is 38.4 Å². The summed E-state index contributed by atoms with van der Waals surface area (Å²) < 4.78 is 0. The van der Waals surface area contributed by atoms with Gasteiger partial charge in [-0.25, -0.2) is 0 Å². The van der Waals surface area contributed by atoms with E-state index in [1.165, 1.54) is 12.1 Å². The molecule has 1 aliphatic heterocycles. The third-order valence-electron chi connectivity index (χ3n) is 3.43. The number of hydrogen-bond donors (Lipinski definition) is 2. The Bertz CT molecular complexity index is 524. The summed E-state index contributed by atoms with van der Waals surface area (Å²) in [6.45, 7) is 3.02. The Morgan fingerprint density at radius 2 is 2.37 bits per heavy atom. The average molecular weight is 260 g/mol. The Kier molecular flexibility index (Phi) is 3.97. The summed E-state index contributed by atoms with van der Waals surface area (Å²) >= 11 is 0. The maximum absolute atomic E-state index is 11.0. The quantitative estimate of drug-likeness (QED) is 0.641. The summed E-state index contributed by atoms with van der Waals surface area (Å²) in [4.78, 5) is 10.6. The second-order valence-corrected chi connectivity index (χ2v) is 4.74. The van der Waals surface area contributed by atoms with Crippen molar-refractivity contribution >= 4 is 11.4 Å². The van der Waals surface area contributed by atoms with Gasteiger partial charge in [0.2, 0.25) is 0 Å². The molecule has 6 nitrogen and oxygen atoms in total. The lowest BCUT2D eigenvalue weighted by Gasteiger charge is -2.31. The maximum Gasteiger partial charge on any atom is 0.292 e. The van der Waals surface area contributed by atoms with Gasteiger partial charge in [-0.15, -0.1) is 0 Å². The van der Waals surface area contributed by atoms with Gasteiger partial charge in [-0.2, -0.15) is 5.26 Å². The third-order valence-corrected chi connectivity index (χ3v) is 3.43. The van der Waals surface area contributed by atoms with Gasteiger partial charge in [-0.3, -0.25) is 10.1 Å².